The van der Waals surface area contributed by atoms with Crippen molar-refractivity contribution in [1.29, 1.82) is 0 Å². The van der Waals surface area contributed by atoms with Crippen molar-refractivity contribution < 1.29 is 19.4 Å². The van der Waals surface area contributed by atoms with E-state index in [2.05, 4.69) is 40.3 Å². The second kappa shape index (κ2) is 9.43. The van der Waals surface area contributed by atoms with Crippen molar-refractivity contribution >= 4 is 16.7 Å². The molecule has 0 bridgehead atoms. The number of fused-ring (bicyclic) bond motifs is 1. The van der Waals surface area contributed by atoms with Crippen LogP contribution in [0.25, 0.3) is 10.9 Å². The highest BCUT2D eigenvalue weighted by Crippen LogP contribution is 2.38. The number of rotatable bonds is 8. The second-order valence-electron chi connectivity index (χ2n) is 8.27. The fraction of sp³-hybridized carbons (Fsp3) is 0.400. The number of nitrogens with zero attached hydrogens (tertiary/aromatic N) is 1. The largest absolute Gasteiger partial charge is 0.504 e. The number of benzene rings is 2. The van der Waals surface area contributed by atoms with Gasteiger partial charge in [-0.25, -0.2) is 0 Å². The summed E-state index contributed by atoms with van der Waals surface area (Å²) in [6.45, 7) is 3.06. The van der Waals surface area contributed by atoms with Gasteiger partial charge in [0.1, 0.15) is 0 Å². The van der Waals surface area contributed by atoms with Crippen LogP contribution in [0.4, 0.5) is 0 Å². The number of H-pyrrole nitrogens is 1. The molecule has 0 aliphatic carbocycles. The Morgan fingerprint density at radius 1 is 1.16 bits per heavy atom. The lowest BCUT2D eigenvalue weighted by Crippen LogP contribution is -2.33. The predicted octanol–water partition coefficient (Wildman–Crippen LogP) is 4.77. The van der Waals surface area contributed by atoms with Crippen molar-refractivity contribution in [2.24, 2.45) is 5.92 Å². The molecule has 1 aliphatic rings. The average molecular weight is 423 g/mol. The topological polar surface area (TPSA) is 74.8 Å². The first kappa shape index (κ1) is 21.2. The highest BCUT2D eigenvalue weighted by Gasteiger charge is 2.22. The number of hydrogen-bond acceptors (Lipinski definition) is 5. The molecule has 6 heteroatoms. The van der Waals surface area contributed by atoms with E-state index in [1.807, 2.05) is 0 Å². The number of ketones is 1. The number of aromatic amines is 1. The van der Waals surface area contributed by atoms with E-state index < -0.39 is 0 Å². The zero-order valence-electron chi connectivity index (χ0n) is 18.2. The first-order valence-electron chi connectivity index (χ1n) is 10.8. The molecule has 0 amide bonds. The minimum absolute atomic E-state index is 0.0254. The standard InChI is InChI=1S/C25H30N2O4/c1-30-24-14-18(13-23(29)25(24)31-2)22(28)8-7-17-9-11-27(12-10-17)16-19-15-26-21-6-4-3-5-20(19)21/h3-6,13-15,17,26,29H,7-12,16H2,1-2H3. The number of para-hydroxylation sites is 1. The molecular weight excluding hydrogens is 392 g/mol. The number of ether oxygens (including phenoxy) is 2. The molecule has 1 aliphatic heterocycles. The maximum atomic E-state index is 12.7. The van der Waals surface area contributed by atoms with Crippen molar-refractivity contribution in [2.75, 3.05) is 27.3 Å². The Morgan fingerprint density at radius 2 is 1.94 bits per heavy atom. The molecule has 6 nitrogen and oxygen atoms in total. The van der Waals surface area contributed by atoms with E-state index in [-0.39, 0.29) is 17.3 Å². The zero-order valence-corrected chi connectivity index (χ0v) is 18.2. The number of methoxy groups -OCH3 is 2. The summed E-state index contributed by atoms with van der Waals surface area (Å²) in [4.78, 5) is 18.5. The number of Topliss-reactive ketones (excluding diaryl/α,β-unsaturated/α-hetero) is 1. The van der Waals surface area contributed by atoms with Gasteiger partial charge in [0.05, 0.1) is 14.2 Å². The van der Waals surface area contributed by atoms with Crippen LogP contribution < -0.4 is 9.47 Å². The molecule has 0 atom stereocenters. The Bertz CT molecular complexity index is 1050. The van der Waals surface area contributed by atoms with E-state index in [0.717, 1.165) is 38.9 Å². The molecule has 3 aromatic rings. The third-order valence-electron chi connectivity index (χ3n) is 6.34. The molecule has 31 heavy (non-hydrogen) atoms. The number of phenols is 1. The van der Waals surface area contributed by atoms with E-state index in [0.29, 0.717) is 23.7 Å². The van der Waals surface area contributed by atoms with Crippen LogP contribution in [-0.4, -0.2) is 48.1 Å². The number of carbonyl (C=O) groups is 1. The van der Waals surface area contributed by atoms with Crippen molar-refractivity contribution in [1.82, 2.24) is 9.88 Å². The first-order chi connectivity index (χ1) is 15.1. The summed E-state index contributed by atoms with van der Waals surface area (Å²) in [5.41, 5.74) is 3.00. The number of nitrogens with one attached hydrogen (secondary N) is 1. The number of aromatic nitrogens is 1. The predicted molar refractivity (Wildman–Crippen MR) is 121 cm³/mol. The van der Waals surface area contributed by atoms with Crippen LogP contribution in [0.2, 0.25) is 0 Å². The zero-order chi connectivity index (χ0) is 21.8. The molecule has 1 aromatic heterocycles. The van der Waals surface area contributed by atoms with E-state index in [1.54, 1.807) is 6.07 Å². The van der Waals surface area contributed by atoms with Crippen molar-refractivity contribution in [3.8, 4) is 17.2 Å². The van der Waals surface area contributed by atoms with Crippen LogP contribution in [-0.2, 0) is 6.54 Å². The van der Waals surface area contributed by atoms with Gasteiger partial charge in [-0.2, -0.15) is 0 Å². The molecule has 164 valence electrons. The minimum Gasteiger partial charge on any atom is -0.504 e. The molecule has 1 fully saturated rings. The van der Waals surface area contributed by atoms with E-state index >= 15 is 0 Å². The number of carbonyl (C=O) groups excluding carboxylic acids is 1. The molecule has 2 aromatic carbocycles. The number of likely N-dealkylation sites (tertiary alicyclic amines) is 1. The normalized spacial score (nSPS) is 15.3. The van der Waals surface area contributed by atoms with Gasteiger partial charge in [-0.15, -0.1) is 0 Å². The number of piperidine rings is 1. The average Bonchev–Trinajstić information content (AvgIpc) is 3.20. The SMILES string of the molecule is COc1cc(C(=O)CCC2CCN(Cc3c[nH]c4ccccc34)CC2)cc(O)c1OC. The summed E-state index contributed by atoms with van der Waals surface area (Å²) in [6.07, 6.45) is 5.67. The Morgan fingerprint density at radius 3 is 2.68 bits per heavy atom. The lowest BCUT2D eigenvalue weighted by Gasteiger charge is -2.31. The van der Waals surface area contributed by atoms with E-state index in [4.69, 9.17) is 9.47 Å². The van der Waals surface area contributed by atoms with Crippen molar-refractivity contribution in [2.45, 2.75) is 32.2 Å². The molecule has 4 rings (SSSR count). The minimum atomic E-state index is -0.0733. The lowest BCUT2D eigenvalue weighted by atomic mass is 9.90. The summed E-state index contributed by atoms with van der Waals surface area (Å²) in [6, 6.07) is 11.5. The van der Waals surface area contributed by atoms with Crippen molar-refractivity contribution in [3.05, 3.63) is 53.7 Å². The van der Waals surface area contributed by atoms with Gasteiger partial charge in [-0.1, -0.05) is 18.2 Å². The van der Waals surface area contributed by atoms with Gasteiger partial charge in [-0.3, -0.25) is 9.69 Å². The molecular formula is C25H30N2O4. The van der Waals surface area contributed by atoms with E-state index in [9.17, 15) is 9.90 Å². The fourth-order valence-electron chi connectivity index (χ4n) is 4.52. The van der Waals surface area contributed by atoms with Crippen LogP contribution in [0.15, 0.2) is 42.6 Å². The molecule has 2 N–H and O–H groups in total. The highest BCUT2D eigenvalue weighted by atomic mass is 16.5. The number of aromatic hydroxyl groups is 1. The summed E-state index contributed by atoms with van der Waals surface area (Å²) in [5.74, 6) is 1.13. The van der Waals surface area contributed by atoms with Gasteiger partial charge in [0.2, 0.25) is 5.75 Å². The molecule has 0 saturated carbocycles. The summed E-state index contributed by atoms with van der Waals surface area (Å²) in [7, 11) is 2.96. The summed E-state index contributed by atoms with van der Waals surface area (Å²) in [5, 5.41) is 11.4. The van der Waals surface area contributed by atoms with Crippen LogP contribution >= 0.6 is 0 Å². The molecule has 0 radical (unpaired) electrons. The van der Waals surface area contributed by atoms with Gasteiger partial charge in [0, 0.05) is 35.6 Å². The lowest BCUT2D eigenvalue weighted by molar-refractivity contribution is 0.0960. The van der Waals surface area contributed by atoms with Crippen LogP contribution in [0.5, 0.6) is 17.2 Å². The Labute approximate surface area is 182 Å². The first-order valence-corrected chi connectivity index (χ1v) is 10.8. The molecule has 2 heterocycles. The summed E-state index contributed by atoms with van der Waals surface area (Å²) < 4.78 is 10.4. The van der Waals surface area contributed by atoms with Crippen LogP contribution in [0, 0.1) is 5.92 Å². The highest BCUT2D eigenvalue weighted by molar-refractivity contribution is 5.97. The third kappa shape index (κ3) is 4.69. The second-order valence-corrected chi connectivity index (χ2v) is 8.27. The Kier molecular flexibility index (Phi) is 6.47. The number of hydrogen-bond donors (Lipinski definition) is 2. The van der Waals surface area contributed by atoms with Gasteiger partial charge in [0.15, 0.2) is 17.3 Å². The van der Waals surface area contributed by atoms with Crippen LogP contribution in [0.3, 0.4) is 0 Å². The van der Waals surface area contributed by atoms with Gasteiger partial charge < -0.3 is 19.6 Å². The van der Waals surface area contributed by atoms with Crippen molar-refractivity contribution in [3.63, 3.8) is 0 Å². The third-order valence-corrected chi connectivity index (χ3v) is 6.34. The van der Waals surface area contributed by atoms with Gasteiger partial charge in [-0.05, 0) is 62.0 Å². The number of phenolic OH excluding ortho intramolecular Hbond substituents is 1. The molecule has 0 unspecified atom stereocenters. The van der Waals surface area contributed by atoms with Gasteiger partial charge >= 0.3 is 0 Å². The Hall–Kier alpha value is -2.99. The molecule has 1 saturated heterocycles. The van der Waals surface area contributed by atoms with Crippen LogP contribution in [0.1, 0.15) is 41.6 Å². The Balaban J connectivity index is 1.28. The fourth-order valence-corrected chi connectivity index (χ4v) is 4.52. The smallest absolute Gasteiger partial charge is 0.203 e. The quantitative estimate of drug-likeness (QED) is 0.512. The van der Waals surface area contributed by atoms with E-state index in [1.165, 1.54) is 36.8 Å². The van der Waals surface area contributed by atoms with Gasteiger partial charge in [0.25, 0.3) is 0 Å². The maximum Gasteiger partial charge on any atom is 0.203 e. The summed E-state index contributed by atoms with van der Waals surface area (Å²) >= 11 is 0. The maximum absolute atomic E-state index is 12.7. The monoisotopic (exact) mass is 422 g/mol. The molecule has 0 spiro atoms.